The molecule has 0 unspecified atom stereocenters. The van der Waals surface area contributed by atoms with Crippen molar-refractivity contribution in [1.82, 2.24) is 0 Å². The fraction of sp³-hybridized carbons (Fsp3) is 0.235. The molecule has 0 radical (unpaired) electrons. The van der Waals surface area contributed by atoms with E-state index in [0.717, 1.165) is 16.8 Å². The van der Waals surface area contributed by atoms with E-state index in [1.54, 1.807) is 4.90 Å². The lowest BCUT2D eigenvalue weighted by Gasteiger charge is -2.20. The lowest BCUT2D eigenvalue weighted by atomic mass is 9.97. The highest BCUT2D eigenvalue weighted by atomic mass is 16.5. The summed E-state index contributed by atoms with van der Waals surface area (Å²) in [6, 6.07) is 15.6. The summed E-state index contributed by atoms with van der Waals surface area (Å²) < 4.78 is 5.93. The van der Waals surface area contributed by atoms with Gasteiger partial charge in [0.1, 0.15) is 6.10 Å². The first-order valence-corrected chi connectivity index (χ1v) is 6.81. The molecule has 0 aliphatic carbocycles. The number of nitrogens with zero attached hydrogens (tertiary/aromatic N) is 1. The van der Waals surface area contributed by atoms with Crippen LogP contribution in [0.3, 0.4) is 0 Å². The Bertz CT molecular complexity index is 651. The molecule has 3 heteroatoms. The SMILES string of the molecule is CCO[C@@H]1c2ccccc2C(=O)N(C)c2ccccc21. The molecule has 0 spiro atoms. The topological polar surface area (TPSA) is 29.5 Å². The molecule has 0 N–H and O–H groups in total. The van der Waals surface area contributed by atoms with Crippen LogP contribution in [0.4, 0.5) is 5.69 Å². The minimum Gasteiger partial charge on any atom is -0.369 e. The first-order valence-electron chi connectivity index (χ1n) is 6.81. The number of rotatable bonds is 2. The summed E-state index contributed by atoms with van der Waals surface area (Å²) in [6.07, 6.45) is -0.193. The zero-order valence-corrected chi connectivity index (χ0v) is 11.7. The van der Waals surface area contributed by atoms with Gasteiger partial charge in [0.25, 0.3) is 5.91 Å². The van der Waals surface area contributed by atoms with Gasteiger partial charge in [0.05, 0.1) is 0 Å². The van der Waals surface area contributed by atoms with E-state index in [0.29, 0.717) is 12.2 Å². The zero-order valence-electron chi connectivity index (χ0n) is 11.7. The Labute approximate surface area is 118 Å². The largest absolute Gasteiger partial charge is 0.369 e. The molecule has 20 heavy (non-hydrogen) atoms. The van der Waals surface area contributed by atoms with Gasteiger partial charge in [-0.25, -0.2) is 0 Å². The molecule has 1 aliphatic rings. The maximum Gasteiger partial charge on any atom is 0.258 e. The molecule has 0 saturated heterocycles. The van der Waals surface area contributed by atoms with E-state index in [4.69, 9.17) is 4.74 Å². The number of carbonyl (C=O) groups excluding carboxylic acids is 1. The molecular weight excluding hydrogens is 250 g/mol. The number of para-hydroxylation sites is 1. The first kappa shape index (κ1) is 12.9. The van der Waals surface area contributed by atoms with Gasteiger partial charge in [0, 0.05) is 30.5 Å². The van der Waals surface area contributed by atoms with Crippen molar-refractivity contribution < 1.29 is 9.53 Å². The van der Waals surface area contributed by atoms with Crippen LogP contribution in [-0.4, -0.2) is 19.6 Å². The molecule has 1 atom stereocenters. The van der Waals surface area contributed by atoms with Crippen LogP contribution in [-0.2, 0) is 4.74 Å². The normalized spacial score (nSPS) is 17.4. The predicted octanol–water partition coefficient (Wildman–Crippen LogP) is 3.40. The highest BCUT2D eigenvalue weighted by Crippen LogP contribution is 2.38. The molecular formula is C17H17NO2. The van der Waals surface area contributed by atoms with Crippen molar-refractivity contribution in [3.05, 3.63) is 65.2 Å². The van der Waals surface area contributed by atoms with Crippen LogP contribution in [0, 0.1) is 0 Å². The van der Waals surface area contributed by atoms with Crippen LogP contribution in [0.1, 0.15) is 34.5 Å². The van der Waals surface area contributed by atoms with Crippen LogP contribution in [0.2, 0.25) is 0 Å². The van der Waals surface area contributed by atoms with E-state index in [1.807, 2.05) is 62.5 Å². The Morgan fingerprint density at radius 1 is 1.05 bits per heavy atom. The molecule has 0 saturated carbocycles. The van der Waals surface area contributed by atoms with Crippen molar-refractivity contribution in [2.45, 2.75) is 13.0 Å². The third-order valence-electron chi connectivity index (χ3n) is 3.69. The Hall–Kier alpha value is -2.13. The monoisotopic (exact) mass is 267 g/mol. The van der Waals surface area contributed by atoms with Gasteiger partial charge in [-0.15, -0.1) is 0 Å². The second-order valence-electron chi connectivity index (χ2n) is 4.85. The van der Waals surface area contributed by atoms with Crippen LogP contribution in [0.15, 0.2) is 48.5 Å². The van der Waals surface area contributed by atoms with Crippen LogP contribution < -0.4 is 4.90 Å². The quantitative estimate of drug-likeness (QED) is 0.834. The number of amides is 1. The van der Waals surface area contributed by atoms with Gasteiger partial charge in [0.15, 0.2) is 0 Å². The van der Waals surface area contributed by atoms with Crippen molar-refractivity contribution in [2.75, 3.05) is 18.6 Å². The summed E-state index contributed by atoms with van der Waals surface area (Å²) in [5, 5.41) is 0. The standard InChI is InChI=1S/C17H17NO2/c1-3-20-16-12-8-4-5-9-13(12)17(19)18(2)15-11-7-6-10-14(15)16/h4-11,16H,3H2,1-2H3/t16-/m1/s1. The van der Waals surface area contributed by atoms with Crippen molar-refractivity contribution >= 4 is 11.6 Å². The fourth-order valence-corrected chi connectivity index (χ4v) is 2.74. The van der Waals surface area contributed by atoms with E-state index in [-0.39, 0.29) is 12.0 Å². The maximum atomic E-state index is 12.6. The highest BCUT2D eigenvalue weighted by Gasteiger charge is 2.30. The van der Waals surface area contributed by atoms with E-state index < -0.39 is 0 Å². The molecule has 0 bridgehead atoms. The number of carbonyl (C=O) groups is 1. The maximum absolute atomic E-state index is 12.6. The minimum absolute atomic E-state index is 0.00949. The zero-order chi connectivity index (χ0) is 14.1. The van der Waals surface area contributed by atoms with Crippen LogP contribution >= 0.6 is 0 Å². The van der Waals surface area contributed by atoms with Crippen molar-refractivity contribution in [2.24, 2.45) is 0 Å². The molecule has 2 aromatic rings. The van der Waals surface area contributed by atoms with E-state index in [9.17, 15) is 4.79 Å². The second kappa shape index (κ2) is 5.10. The smallest absolute Gasteiger partial charge is 0.258 e. The molecule has 0 fully saturated rings. The predicted molar refractivity (Wildman–Crippen MR) is 79.1 cm³/mol. The van der Waals surface area contributed by atoms with Crippen molar-refractivity contribution in [1.29, 1.82) is 0 Å². The molecule has 1 heterocycles. The first-order chi connectivity index (χ1) is 9.74. The average Bonchev–Trinajstić information content (AvgIpc) is 2.58. The van der Waals surface area contributed by atoms with E-state index >= 15 is 0 Å². The Balaban J connectivity index is 2.27. The van der Waals surface area contributed by atoms with Gasteiger partial charge < -0.3 is 9.64 Å². The third kappa shape index (κ3) is 1.91. The molecule has 1 aliphatic heterocycles. The fourth-order valence-electron chi connectivity index (χ4n) is 2.74. The lowest BCUT2D eigenvalue weighted by molar-refractivity contribution is 0.0901. The summed E-state index contributed by atoms with van der Waals surface area (Å²) in [4.78, 5) is 14.3. The number of anilines is 1. The van der Waals surface area contributed by atoms with Gasteiger partial charge in [-0.3, -0.25) is 4.79 Å². The van der Waals surface area contributed by atoms with Gasteiger partial charge in [-0.2, -0.15) is 0 Å². The van der Waals surface area contributed by atoms with Crippen LogP contribution in [0.25, 0.3) is 0 Å². The van der Waals surface area contributed by atoms with Crippen molar-refractivity contribution in [3.8, 4) is 0 Å². The number of fused-ring (bicyclic) bond motifs is 2. The molecule has 3 nitrogen and oxygen atoms in total. The van der Waals surface area contributed by atoms with Crippen molar-refractivity contribution in [3.63, 3.8) is 0 Å². The summed E-state index contributed by atoms with van der Waals surface area (Å²) >= 11 is 0. The summed E-state index contributed by atoms with van der Waals surface area (Å²) in [7, 11) is 1.81. The second-order valence-corrected chi connectivity index (χ2v) is 4.85. The summed E-state index contributed by atoms with van der Waals surface area (Å²) in [5.41, 5.74) is 3.60. The average molecular weight is 267 g/mol. The Kier molecular flexibility index (Phi) is 3.28. The minimum atomic E-state index is -0.193. The molecule has 0 aromatic heterocycles. The number of benzene rings is 2. The third-order valence-corrected chi connectivity index (χ3v) is 3.69. The summed E-state index contributed by atoms with van der Waals surface area (Å²) in [5.74, 6) is 0.00949. The van der Waals surface area contributed by atoms with E-state index in [1.165, 1.54) is 0 Å². The lowest BCUT2D eigenvalue weighted by Crippen LogP contribution is -2.25. The Morgan fingerprint density at radius 3 is 2.45 bits per heavy atom. The molecule has 1 amide bonds. The molecule has 3 rings (SSSR count). The number of hydrogen-bond acceptors (Lipinski definition) is 2. The summed E-state index contributed by atoms with van der Waals surface area (Å²) in [6.45, 7) is 2.58. The Morgan fingerprint density at radius 2 is 1.70 bits per heavy atom. The number of hydrogen-bond donors (Lipinski definition) is 0. The van der Waals surface area contributed by atoms with Gasteiger partial charge in [0.2, 0.25) is 0 Å². The van der Waals surface area contributed by atoms with Gasteiger partial charge in [-0.1, -0.05) is 36.4 Å². The highest BCUT2D eigenvalue weighted by molar-refractivity contribution is 6.08. The molecule has 2 aromatic carbocycles. The number of ether oxygens (including phenoxy) is 1. The van der Waals surface area contributed by atoms with E-state index in [2.05, 4.69) is 0 Å². The van der Waals surface area contributed by atoms with Crippen LogP contribution in [0.5, 0.6) is 0 Å². The van der Waals surface area contributed by atoms with Gasteiger partial charge in [-0.05, 0) is 24.6 Å². The van der Waals surface area contributed by atoms with Gasteiger partial charge >= 0.3 is 0 Å². The molecule has 102 valence electrons.